The van der Waals surface area contributed by atoms with Gasteiger partial charge in [0.2, 0.25) is 11.8 Å². The van der Waals surface area contributed by atoms with Gasteiger partial charge in [-0.05, 0) is 69.2 Å². The summed E-state index contributed by atoms with van der Waals surface area (Å²) in [6, 6.07) is 21.7. The van der Waals surface area contributed by atoms with E-state index in [2.05, 4.69) is 5.43 Å². The summed E-state index contributed by atoms with van der Waals surface area (Å²) in [5.41, 5.74) is 4.90. The van der Waals surface area contributed by atoms with Gasteiger partial charge in [0.1, 0.15) is 0 Å². The molecule has 7 rings (SSSR count). The molecular weight excluding hydrogens is 662 g/mol. The van der Waals surface area contributed by atoms with Crippen molar-refractivity contribution in [1.82, 2.24) is 9.91 Å². The van der Waals surface area contributed by atoms with Gasteiger partial charge in [0.25, 0.3) is 11.8 Å². The van der Waals surface area contributed by atoms with Gasteiger partial charge in [0.05, 0.1) is 35.5 Å². The van der Waals surface area contributed by atoms with Crippen LogP contribution in [0.5, 0.6) is 11.5 Å². The summed E-state index contributed by atoms with van der Waals surface area (Å²) < 4.78 is 5.81. The number of rotatable bonds is 12. The third-order valence-corrected chi connectivity index (χ3v) is 11.4. The fraction of sp³-hybridized carbons (Fsp3) is 0.390. The highest BCUT2D eigenvalue weighted by molar-refractivity contribution is 6.13. The van der Waals surface area contributed by atoms with E-state index in [1.54, 1.807) is 30.3 Å². The van der Waals surface area contributed by atoms with Crippen LogP contribution in [-0.2, 0) is 29.4 Å². The standard InChI is InChI=1S/C41H43N3O8/c1-3-52-32-14-10-13-29(36(32)47)35-27-20-21-28-34(39(50)43(37(28)48)22-9-5-8-15-33(45)46)30(27)23-31-38(49)44(42-26-18-16-24(2)17-19-26)40(51)41(31,35)25-11-6-4-7-12-25/h4,6-7,10-14,16-20,28,30-31,34-35,42,47H,3,5,8-9,15,21-23H2,1-2H3,(H,45,46)/t28-,30+,31-,34-,35+,41+/m0/s1. The lowest BCUT2D eigenvalue weighted by atomic mass is 9.49. The number of amides is 4. The smallest absolute Gasteiger partial charge is 0.303 e. The van der Waals surface area contributed by atoms with Gasteiger partial charge in [-0.3, -0.25) is 34.3 Å². The van der Waals surface area contributed by atoms with Gasteiger partial charge in [-0.15, -0.1) is 0 Å². The number of phenolic OH excluding ortho intramolecular Hbond substituents is 1. The molecule has 2 aliphatic carbocycles. The second-order valence-corrected chi connectivity index (χ2v) is 14.3. The van der Waals surface area contributed by atoms with E-state index in [-0.39, 0.29) is 55.7 Å². The number of hydrogen-bond acceptors (Lipinski definition) is 8. The molecule has 0 unspecified atom stereocenters. The predicted molar refractivity (Wildman–Crippen MR) is 191 cm³/mol. The number of fused-ring (bicyclic) bond motifs is 4. The van der Waals surface area contributed by atoms with Crippen LogP contribution in [0.25, 0.3) is 0 Å². The maximum atomic E-state index is 15.3. The Morgan fingerprint density at radius 1 is 0.904 bits per heavy atom. The summed E-state index contributed by atoms with van der Waals surface area (Å²) in [5, 5.41) is 22.0. The number of unbranched alkanes of at least 4 members (excludes halogenated alkanes) is 2. The van der Waals surface area contributed by atoms with Crippen LogP contribution in [-0.4, -0.2) is 62.9 Å². The van der Waals surface area contributed by atoms with Crippen LogP contribution in [0.3, 0.4) is 0 Å². The minimum Gasteiger partial charge on any atom is -0.504 e. The number of aryl methyl sites for hydroxylation is 1. The first-order chi connectivity index (χ1) is 25.1. The highest BCUT2D eigenvalue weighted by Crippen LogP contribution is 2.65. The average Bonchev–Trinajstić information content (AvgIpc) is 3.51. The van der Waals surface area contributed by atoms with E-state index in [1.165, 1.54) is 4.90 Å². The number of allylic oxidation sites excluding steroid dienone is 2. The van der Waals surface area contributed by atoms with E-state index in [1.807, 2.05) is 62.4 Å². The fourth-order valence-corrected chi connectivity index (χ4v) is 9.14. The molecule has 3 N–H and O–H groups in total. The highest BCUT2D eigenvalue weighted by atomic mass is 16.5. The largest absolute Gasteiger partial charge is 0.504 e. The Kier molecular flexibility index (Phi) is 9.37. The summed E-state index contributed by atoms with van der Waals surface area (Å²) in [5.74, 6) is -6.06. The number of anilines is 1. The molecule has 0 bridgehead atoms. The van der Waals surface area contributed by atoms with E-state index < -0.39 is 52.8 Å². The number of aliphatic carboxylic acids is 1. The van der Waals surface area contributed by atoms with Crippen LogP contribution in [0.2, 0.25) is 0 Å². The van der Waals surface area contributed by atoms with Gasteiger partial charge in [0, 0.05) is 24.4 Å². The zero-order valence-electron chi connectivity index (χ0n) is 29.3. The van der Waals surface area contributed by atoms with Gasteiger partial charge < -0.3 is 14.9 Å². The molecule has 4 aliphatic rings. The number of carbonyl (C=O) groups is 5. The van der Waals surface area contributed by atoms with Crippen LogP contribution in [0, 0.1) is 30.6 Å². The van der Waals surface area contributed by atoms with Crippen molar-refractivity contribution in [2.45, 2.75) is 63.7 Å². The predicted octanol–water partition coefficient (Wildman–Crippen LogP) is 5.73. The Labute approximate surface area is 302 Å². The normalized spacial score (nSPS) is 26.5. The maximum absolute atomic E-state index is 15.3. The minimum absolute atomic E-state index is 0.0221. The number of ether oxygens (including phenoxy) is 1. The Bertz CT molecular complexity index is 1940. The lowest BCUT2D eigenvalue weighted by molar-refractivity contribution is -0.141. The van der Waals surface area contributed by atoms with Gasteiger partial charge >= 0.3 is 5.97 Å². The van der Waals surface area contributed by atoms with Gasteiger partial charge in [0.15, 0.2) is 11.5 Å². The van der Waals surface area contributed by atoms with Crippen molar-refractivity contribution in [3.05, 3.63) is 101 Å². The van der Waals surface area contributed by atoms with E-state index in [9.17, 15) is 24.3 Å². The molecule has 2 saturated heterocycles. The molecule has 3 aromatic rings. The van der Waals surface area contributed by atoms with Crippen molar-refractivity contribution >= 4 is 35.3 Å². The summed E-state index contributed by atoms with van der Waals surface area (Å²) >= 11 is 0. The molecule has 270 valence electrons. The van der Waals surface area contributed by atoms with Gasteiger partial charge in [-0.2, -0.15) is 5.01 Å². The summed E-state index contributed by atoms with van der Waals surface area (Å²) in [6.07, 6.45) is 3.89. The van der Waals surface area contributed by atoms with Crippen LogP contribution in [0.1, 0.15) is 68.1 Å². The van der Waals surface area contributed by atoms with E-state index >= 15 is 4.79 Å². The fourth-order valence-electron chi connectivity index (χ4n) is 9.14. The second-order valence-electron chi connectivity index (χ2n) is 14.3. The number of carbonyl (C=O) groups excluding carboxylic acids is 4. The minimum atomic E-state index is -1.51. The topological polar surface area (TPSA) is 154 Å². The van der Waals surface area contributed by atoms with Crippen molar-refractivity contribution in [2.24, 2.45) is 23.7 Å². The van der Waals surface area contributed by atoms with Crippen molar-refractivity contribution in [1.29, 1.82) is 0 Å². The van der Waals surface area contributed by atoms with Crippen LogP contribution in [0.15, 0.2) is 84.4 Å². The number of carboxylic acid groups (broad SMARTS) is 1. The quantitative estimate of drug-likeness (QED) is 0.122. The number of para-hydroxylation sites is 1. The number of carboxylic acids is 1. The van der Waals surface area contributed by atoms with Crippen LogP contribution in [0.4, 0.5) is 5.69 Å². The summed E-state index contributed by atoms with van der Waals surface area (Å²) in [4.78, 5) is 70.5. The summed E-state index contributed by atoms with van der Waals surface area (Å²) in [6.45, 7) is 4.23. The molecule has 52 heavy (non-hydrogen) atoms. The van der Waals surface area contributed by atoms with Crippen molar-refractivity contribution in [3.63, 3.8) is 0 Å². The van der Waals surface area contributed by atoms with Gasteiger partial charge in [-0.25, -0.2) is 0 Å². The number of phenols is 1. The molecule has 3 fully saturated rings. The van der Waals surface area contributed by atoms with E-state index in [0.29, 0.717) is 36.1 Å². The zero-order chi connectivity index (χ0) is 36.7. The molecule has 1 saturated carbocycles. The van der Waals surface area contributed by atoms with E-state index in [4.69, 9.17) is 9.84 Å². The number of hydrogen-bond donors (Lipinski definition) is 3. The number of imide groups is 2. The third-order valence-electron chi connectivity index (χ3n) is 11.4. The summed E-state index contributed by atoms with van der Waals surface area (Å²) in [7, 11) is 0. The molecule has 6 atom stereocenters. The van der Waals surface area contributed by atoms with Crippen molar-refractivity contribution in [2.75, 3.05) is 18.6 Å². The highest BCUT2D eigenvalue weighted by Gasteiger charge is 2.70. The number of likely N-dealkylation sites (tertiary alicyclic amines) is 1. The monoisotopic (exact) mass is 705 g/mol. The second kappa shape index (κ2) is 13.9. The van der Waals surface area contributed by atoms with Gasteiger partial charge in [-0.1, -0.05) is 78.2 Å². The first-order valence-corrected chi connectivity index (χ1v) is 18.1. The molecule has 4 amide bonds. The van der Waals surface area contributed by atoms with Crippen molar-refractivity contribution in [3.8, 4) is 11.5 Å². The molecule has 11 heteroatoms. The lowest BCUT2D eigenvalue weighted by Gasteiger charge is -2.50. The molecule has 0 aromatic heterocycles. The molecule has 0 spiro atoms. The zero-order valence-corrected chi connectivity index (χ0v) is 29.3. The molecule has 2 aliphatic heterocycles. The first kappa shape index (κ1) is 35.0. The van der Waals surface area contributed by atoms with Crippen LogP contribution < -0.4 is 10.2 Å². The molecule has 0 radical (unpaired) electrons. The first-order valence-electron chi connectivity index (χ1n) is 18.1. The number of benzene rings is 3. The Morgan fingerprint density at radius 3 is 2.37 bits per heavy atom. The molecule has 3 aromatic carbocycles. The number of aromatic hydroxyl groups is 1. The van der Waals surface area contributed by atoms with Crippen LogP contribution >= 0.6 is 0 Å². The number of nitrogens with one attached hydrogen (secondary N) is 1. The van der Waals surface area contributed by atoms with E-state index in [0.717, 1.165) is 16.1 Å². The molecule has 11 nitrogen and oxygen atoms in total. The number of nitrogens with zero attached hydrogens (tertiary/aromatic N) is 2. The third kappa shape index (κ3) is 5.63. The lowest BCUT2D eigenvalue weighted by Crippen LogP contribution is -2.53. The number of hydrazine groups is 1. The average molecular weight is 706 g/mol. The molecule has 2 heterocycles. The SMILES string of the molecule is CCOc1cccc([C@H]2C3=CC[C@@H]4C(=O)N(CCCCCC(=O)O)C(=O)[C@@H]4[C@@H]3C[C@H]3C(=O)N(Nc4ccc(C)cc4)C(=O)[C@@]23c2ccccc2)c1O. The Hall–Kier alpha value is -5.45. The van der Waals surface area contributed by atoms with Crippen molar-refractivity contribution < 1.29 is 38.9 Å². The Balaban J connectivity index is 1.36. The molecular formula is C41H43N3O8. The maximum Gasteiger partial charge on any atom is 0.303 e. The Morgan fingerprint density at radius 2 is 1.65 bits per heavy atom.